The summed E-state index contributed by atoms with van der Waals surface area (Å²) in [6.07, 6.45) is -0.585. The second-order valence-corrected chi connectivity index (χ2v) is 4.49. The summed E-state index contributed by atoms with van der Waals surface area (Å²) in [5.41, 5.74) is -2.38. The van der Waals surface area contributed by atoms with Gasteiger partial charge in [-0.1, -0.05) is 0 Å². The van der Waals surface area contributed by atoms with Gasteiger partial charge in [0.15, 0.2) is 0 Å². The summed E-state index contributed by atoms with van der Waals surface area (Å²) < 4.78 is 8.83. The van der Waals surface area contributed by atoms with Crippen molar-refractivity contribution in [1.29, 1.82) is 0 Å². The van der Waals surface area contributed by atoms with E-state index in [1.807, 2.05) is 5.32 Å². The first kappa shape index (κ1) is 19.4. The minimum atomic E-state index is -2.38. The van der Waals surface area contributed by atoms with Crippen LogP contribution in [0.3, 0.4) is 0 Å². The van der Waals surface area contributed by atoms with Crippen molar-refractivity contribution < 1.29 is 72.9 Å². The molecule has 23 heavy (non-hydrogen) atoms. The van der Waals surface area contributed by atoms with E-state index < -0.39 is 48.1 Å². The van der Waals surface area contributed by atoms with E-state index >= 15 is 0 Å². The number of amides is 2. The molecule has 0 aromatic heterocycles. The predicted octanol–water partition coefficient (Wildman–Crippen LogP) is -6.79. The van der Waals surface area contributed by atoms with Crippen LogP contribution in [-0.2, 0) is 38.3 Å². The van der Waals surface area contributed by atoms with Gasteiger partial charge in [0.25, 0.3) is 11.6 Å². The molecule has 0 bridgehead atoms. The normalized spacial score (nSPS) is 26.3. The Labute approximate surface area is 151 Å². The summed E-state index contributed by atoms with van der Waals surface area (Å²) in [4.78, 5) is 61.8. The number of carbonyl (C=O) groups is 5. The van der Waals surface area contributed by atoms with Crippen molar-refractivity contribution in [3.05, 3.63) is 0 Å². The molecule has 0 aromatic carbocycles. The van der Waals surface area contributed by atoms with Gasteiger partial charge in [0.1, 0.15) is 18.6 Å². The van der Waals surface area contributed by atoms with Crippen LogP contribution in [0.1, 0.15) is 12.8 Å². The van der Waals surface area contributed by atoms with Crippen LogP contribution >= 0.6 is 0 Å². The van der Waals surface area contributed by atoms with Crippen molar-refractivity contribution in [3.63, 3.8) is 0 Å². The molecule has 120 valence electrons. The van der Waals surface area contributed by atoms with Crippen molar-refractivity contribution in [1.82, 2.24) is 10.4 Å². The second kappa shape index (κ2) is 7.25. The van der Waals surface area contributed by atoms with E-state index in [1.54, 1.807) is 0 Å². The topological polar surface area (TPSA) is 151 Å². The SMILES string of the molecule is COC(=O)C(=O)N[C@H]1CON(C2(C(=O)[O-])CCC(=O)O2)C1=O.[Na+]. The monoisotopic (exact) mass is 338 g/mol. The first-order chi connectivity index (χ1) is 10.3. The number of carboxylic acids is 1. The molecule has 2 fully saturated rings. The standard InChI is InChI=1S/C11H12N2O9.Na/c1-20-9(17)7(15)12-5-4-21-13(8(5)16)11(10(18)19)3-2-6(14)22-11;/h5H,2-4H2,1H3,(H,12,15)(H,18,19);/q;+1/p-1/t5-,11?;/m0./s1. The quantitative estimate of drug-likeness (QED) is 0.301. The maximum absolute atomic E-state index is 12.1. The number of methoxy groups -OCH3 is 1. The Hall–Kier alpha value is -1.69. The summed E-state index contributed by atoms with van der Waals surface area (Å²) in [6, 6.07) is -1.32. The zero-order valence-corrected chi connectivity index (χ0v) is 14.3. The van der Waals surface area contributed by atoms with E-state index in [4.69, 9.17) is 4.84 Å². The first-order valence-corrected chi connectivity index (χ1v) is 6.11. The average molecular weight is 338 g/mol. The predicted molar refractivity (Wildman–Crippen MR) is 59.8 cm³/mol. The Kier molecular flexibility index (Phi) is 6.11. The number of carbonyl (C=O) groups excluding carboxylic acids is 5. The molecule has 0 spiro atoms. The molecular formula is C11H11N2NaO9. The summed E-state index contributed by atoms with van der Waals surface area (Å²) in [6.45, 7) is -0.436. The summed E-state index contributed by atoms with van der Waals surface area (Å²) in [5.74, 6) is -6.07. The number of hydrogen-bond acceptors (Lipinski definition) is 9. The average Bonchev–Trinajstić information content (AvgIpc) is 3.03. The summed E-state index contributed by atoms with van der Waals surface area (Å²) in [5, 5.41) is 13.6. The molecular weight excluding hydrogens is 327 g/mol. The molecule has 2 aliphatic heterocycles. The van der Waals surface area contributed by atoms with Gasteiger partial charge in [-0.05, 0) is 0 Å². The molecule has 2 heterocycles. The van der Waals surface area contributed by atoms with Gasteiger partial charge >= 0.3 is 47.4 Å². The van der Waals surface area contributed by atoms with Gasteiger partial charge < -0.3 is 24.7 Å². The van der Waals surface area contributed by atoms with Crippen molar-refractivity contribution in [2.75, 3.05) is 13.7 Å². The maximum Gasteiger partial charge on any atom is 1.00 e. The first-order valence-electron chi connectivity index (χ1n) is 6.11. The van der Waals surface area contributed by atoms with Crippen LogP contribution in [0, 0.1) is 0 Å². The van der Waals surface area contributed by atoms with E-state index in [1.165, 1.54) is 0 Å². The van der Waals surface area contributed by atoms with E-state index in [0.717, 1.165) is 7.11 Å². The zero-order valence-electron chi connectivity index (χ0n) is 12.3. The molecule has 2 aliphatic rings. The number of aliphatic carboxylic acids is 1. The third-order valence-electron chi connectivity index (χ3n) is 3.14. The van der Waals surface area contributed by atoms with Gasteiger partial charge in [-0.25, -0.2) is 4.79 Å². The molecule has 2 atom stereocenters. The second-order valence-electron chi connectivity index (χ2n) is 4.49. The Balaban J connectivity index is 0.00000264. The molecule has 0 aromatic rings. The van der Waals surface area contributed by atoms with Crippen LogP contribution in [0.15, 0.2) is 0 Å². The fraction of sp³-hybridized carbons (Fsp3) is 0.545. The number of carboxylic acid groups (broad SMARTS) is 1. The number of nitrogens with one attached hydrogen (secondary N) is 1. The Morgan fingerprint density at radius 1 is 1.39 bits per heavy atom. The number of esters is 2. The van der Waals surface area contributed by atoms with Crippen LogP contribution in [0.2, 0.25) is 0 Å². The summed E-state index contributed by atoms with van der Waals surface area (Å²) >= 11 is 0. The zero-order chi connectivity index (χ0) is 16.5. The number of nitrogens with zero attached hydrogens (tertiary/aromatic N) is 1. The van der Waals surface area contributed by atoms with E-state index in [9.17, 15) is 29.1 Å². The van der Waals surface area contributed by atoms with Crippen molar-refractivity contribution in [3.8, 4) is 0 Å². The molecule has 2 amide bonds. The Bertz CT molecular complexity index is 566. The number of ether oxygens (including phenoxy) is 2. The molecule has 1 unspecified atom stereocenters. The number of hydrogen-bond donors (Lipinski definition) is 1. The summed E-state index contributed by atoms with van der Waals surface area (Å²) in [7, 11) is 0.976. The van der Waals surface area contributed by atoms with Crippen molar-refractivity contribution >= 4 is 29.7 Å². The van der Waals surface area contributed by atoms with Crippen molar-refractivity contribution in [2.24, 2.45) is 0 Å². The number of cyclic esters (lactones) is 1. The van der Waals surface area contributed by atoms with E-state index in [0.29, 0.717) is 5.06 Å². The largest absolute Gasteiger partial charge is 1.00 e. The van der Waals surface area contributed by atoms with Gasteiger partial charge in [-0.15, -0.1) is 0 Å². The fourth-order valence-electron chi connectivity index (χ4n) is 2.05. The minimum Gasteiger partial charge on any atom is -0.544 e. The van der Waals surface area contributed by atoms with Crippen LogP contribution in [0.4, 0.5) is 0 Å². The van der Waals surface area contributed by atoms with Gasteiger partial charge in [-0.3, -0.25) is 19.2 Å². The number of rotatable bonds is 3. The van der Waals surface area contributed by atoms with Crippen LogP contribution in [0.5, 0.6) is 0 Å². The van der Waals surface area contributed by atoms with Crippen molar-refractivity contribution in [2.45, 2.75) is 24.6 Å². The molecule has 2 rings (SSSR count). The maximum atomic E-state index is 12.1. The molecule has 0 saturated carbocycles. The van der Waals surface area contributed by atoms with Crippen LogP contribution in [-0.4, -0.2) is 60.3 Å². The van der Waals surface area contributed by atoms with Gasteiger partial charge in [0.05, 0.1) is 13.5 Å². The third-order valence-corrected chi connectivity index (χ3v) is 3.14. The van der Waals surface area contributed by atoms with E-state index in [-0.39, 0.29) is 42.4 Å². The smallest absolute Gasteiger partial charge is 0.544 e. The molecule has 0 aliphatic carbocycles. The fourth-order valence-corrected chi connectivity index (χ4v) is 2.05. The Morgan fingerprint density at radius 3 is 2.52 bits per heavy atom. The molecule has 12 heteroatoms. The molecule has 11 nitrogen and oxygen atoms in total. The van der Waals surface area contributed by atoms with Gasteiger partial charge in [-0.2, -0.15) is 5.06 Å². The minimum absolute atomic E-state index is 0. The van der Waals surface area contributed by atoms with E-state index in [2.05, 4.69) is 9.47 Å². The van der Waals surface area contributed by atoms with Gasteiger partial charge in [0.2, 0.25) is 0 Å². The van der Waals surface area contributed by atoms with Crippen LogP contribution in [0.25, 0.3) is 0 Å². The number of hydroxylamine groups is 2. The third kappa shape index (κ3) is 3.47. The Morgan fingerprint density at radius 2 is 2.04 bits per heavy atom. The van der Waals surface area contributed by atoms with Gasteiger partial charge in [0, 0.05) is 6.42 Å². The molecule has 2 saturated heterocycles. The molecule has 1 N–H and O–H groups in total. The van der Waals surface area contributed by atoms with Crippen LogP contribution < -0.4 is 40.0 Å². The molecule has 0 radical (unpaired) electrons.